The average Bonchev–Trinajstić information content (AvgIpc) is 2.62. The quantitative estimate of drug-likeness (QED) is 0.685. The summed E-state index contributed by atoms with van der Waals surface area (Å²) in [6, 6.07) is 9.89. The molecule has 0 aliphatic rings. The number of benzene rings is 1. The molecule has 0 radical (unpaired) electrons. The van der Waals surface area contributed by atoms with E-state index < -0.39 is 5.63 Å². The molecule has 28 heavy (non-hydrogen) atoms. The SMILES string of the molecule is CCCC(C)c1cc(C)c(C(=O)N(C)Cc2ccccc2CN(C)C)c(=O)o1. The van der Waals surface area contributed by atoms with Crippen LogP contribution >= 0.6 is 0 Å². The van der Waals surface area contributed by atoms with Gasteiger partial charge in [0.05, 0.1) is 0 Å². The Morgan fingerprint density at radius 1 is 1.11 bits per heavy atom. The fourth-order valence-corrected chi connectivity index (χ4v) is 3.43. The van der Waals surface area contributed by atoms with Crippen LogP contribution in [0.4, 0.5) is 0 Å². The Hall–Kier alpha value is -2.40. The molecule has 152 valence electrons. The second-order valence-electron chi connectivity index (χ2n) is 7.85. The summed E-state index contributed by atoms with van der Waals surface area (Å²) < 4.78 is 5.49. The van der Waals surface area contributed by atoms with Crippen molar-refractivity contribution in [1.29, 1.82) is 0 Å². The molecule has 1 amide bonds. The highest BCUT2D eigenvalue weighted by atomic mass is 16.4. The Bertz CT molecular complexity index is 870. The van der Waals surface area contributed by atoms with Gasteiger partial charge in [-0.25, -0.2) is 4.79 Å². The van der Waals surface area contributed by atoms with Gasteiger partial charge in [0.2, 0.25) is 0 Å². The number of hydrogen-bond donors (Lipinski definition) is 0. The van der Waals surface area contributed by atoms with E-state index in [1.54, 1.807) is 18.9 Å². The Morgan fingerprint density at radius 3 is 2.25 bits per heavy atom. The van der Waals surface area contributed by atoms with Crippen molar-refractivity contribution in [1.82, 2.24) is 9.80 Å². The number of amides is 1. The molecule has 2 rings (SSSR count). The first-order chi connectivity index (χ1) is 13.2. The van der Waals surface area contributed by atoms with E-state index in [4.69, 9.17) is 4.42 Å². The standard InChI is InChI=1S/C23H32N2O3/c1-7-10-16(2)20-13-17(3)21(23(27)28-20)22(26)25(6)15-19-12-9-8-11-18(19)14-24(4)5/h8-9,11-13,16H,7,10,14-15H2,1-6H3. The van der Waals surface area contributed by atoms with Gasteiger partial charge in [-0.05, 0) is 50.2 Å². The molecule has 0 saturated carbocycles. The number of nitrogens with zero attached hydrogens (tertiary/aromatic N) is 2. The van der Waals surface area contributed by atoms with Crippen molar-refractivity contribution < 1.29 is 9.21 Å². The van der Waals surface area contributed by atoms with Crippen molar-refractivity contribution in [3.8, 4) is 0 Å². The minimum atomic E-state index is -0.545. The second-order valence-corrected chi connectivity index (χ2v) is 7.85. The van der Waals surface area contributed by atoms with Crippen molar-refractivity contribution in [3.63, 3.8) is 0 Å². The molecule has 5 heteroatoms. The molecular formula is C23H32N2O3. The first kappa shape index (κ1) is 21.9. The largest absolute Gasteiger partial charge is 0.427 e. The van der Waals surface area contributed by atoms with Crippen molar-refractivity contribution in [2.24, 2.45) is 0 Å². The molecule has 0 N–H and O–H groups in total. The van der Waals surface area contributed by atoms with E-state index in [0.717, 1.165) is 24.9 Å². The third-order valence-electron chi connectivity index (χ3n) is 4.95. The lowest BCUT2D eigenvalue weighted by Gasteiger charge is -2.21. The van der Waals surface area contributed by atoms with E-state index in [-0.39, 0.29) is 17.4 Å². The van der Waals surface area contributed by atoms with Gasteiger partial charge in [0.15, 0.2) is 0 Å². The highest BCUT2D eigenvalue weighted by Crippen LogP contribution is 2.22. The zero-order chi connectivity index (χ0) is 20.8. The van der Waals surface area contributed by atoms with E-state index in [1.807, 2.05) is 45.3 Å². The number of aryl methyl sites for hydroxylation is 1. The first-order valence-corrected chi connectivity index (χ1v) is 9.86. The Balaban J connectivity index is 2.26. The van der Waals surface area contributed by atoms with E-state index in [0.29, 0.717) is 17.9 Å². The molecule has 1 unspecified atom stereocenters. The van der Waals surface area contributed by atoms with Crippen LogP contribution in [0.3, 0.4) is 0 Å². The Labute approximate surface area is 168 Å². The maximum absolute atomic E-state index is 13.0. The molecule has 0 spiro atoms. The molecule has 2 aromatic rings. The van der Waals surface area contributed by atoms with Gasteiger partial charge in [0.25, 0.3) is 5.91 Å². The lowest BCUT2D eigenvalue weighted by molar-refractivity contribution is 0.0778. The van der Waals surface area contributed by atoms with Crippen LogP contribution in [0.2, 0.25) is 0 Å². The summed E-state index contributed by atoms with van der Waals surface area (Å²) in [5.74, 6) is 0.511. The van der Waals surface area contributed by atoms with Gasteiger partial charge < -0.3 is 14.2 Å². The summed E-state index contributed by atoms with van der Waals surface area (Å²) in [5, 5.41) is 0. The Morgan fingerprint density at radius 2 is 1.71 bits per heavy atom. The van der Waals surface area contributed by atoms with Crippen LogP contribution in [-0.2, 0) is 13.1 Å². The van der Waals surface area contributed by atoms with Gasteiger partial charge in [-0.2, -0.15) is 0 Å². The first-order valence-electron chi connectivity index (χ1n) is 9.86. The van der Waals surface area contributed by atoms with Gasteiger partial charge in [0, 0.05) is 26.1 Å². The molecule has 1 aromatic carbocycles. The molecule has 1 atom stereocenters. The minimum absolute atomic E-state index is 0.125. The van der Waals surface area contributed by atoms with Crippen LogP contribution in [-0.4, -0.2) is 36.9 Å². The smallest absolute Gasteiger partial charge is 0.349 e. The fourth-order valence-electron chi connectivity index (χ4n) is 3.43. The predicted molar refractivity (Wildman–Crippen MR) is 113 cm³/mol. The summed E-state index contributed by atoms with van der Waals surface area (Å²) >= 11 is 0. The molecule has 0 saturated heterocycles. The number of carbonyl (C=O) groups is 1. The molecule has 1 aromatic heterocycles. The van der Waals surface area contributed by atoms with Crippen LogP contribution < -0.4 is 5.63 Å². The number of carbonyl (C=O) groups excluding carboxylic acids is 1. The third kappa shape index (κ3) is 5.32. The number of rotatable bonds is 8. The zero-order valence-corrected chi connectivity index (χ0v) is 17.9. The summed E-state index contributed by atoms with van der Waals surface area (Å²) in [4.78, 5) is 29.2. The van der Waals surface area contributed by atoms with E-state index in [9.17, 15) is 9.59 Å². The normalized spacial score (nSPS) is 12.2. The van der Waals surface area contributed by atoms with Crippen LogP contribution in [0.1, 0.15) is 65.4 Å². The highest BCUT2D eigenvalue weighted by Gasteiger charge is 2.22. The number of hydrogen-bond acceptors (Lipinski definition) is 4. The maximum Gasteiger partial charge on any atom is 0.349 e. The average molecular weight is 385 g/mol. The molecule has 0 aliphatic heterocycles. The van der Waals surface area contributed by atoms with Crippen molar-refractivity contribution in [2.75, 3.05) is 21.1 Å². The van der Waals surface area contributed by atoms with Crippen LogP contribution in [0.25, 0.3) is 0 Å². The zero-order valence-electron chi connectivity index (χ0n) is 17.9. The fraction of sp³-hybridized carbons (Fsp3) is 0.478. The lowest BCUT2D eigenvalue weighted by atomic mass is 10.00. The van der Waals surface area contributed by atoms with Crippen molar-refractivity contribution in [3.05, 3.63) is 68.8 Å². The highest BCUT2D eigenvalue weighted by molar-refractivity contribution is 5.94. The third-order valence-corrected chi connectivity index (χ3v) is 4.95. The van der Waals surface area contributed by atoms with Gasteiger partial charge >= 0.3 is 5.63 Å². The second kappa shape index (κ2) is 9.69. The van der Waals surface area contributed by atoms with Crippen LogP contribution in [0, 0.1) is 6.92 Å². The summed E-state index contributed by atoms with van der Waals surface area (Å²) in [7, 11) is 5.75. The van der Waals surface area contributed by atoms with Gasteiger partial charge in [-0.1, -0.05) is 44.5 Å². The summed E-state index contributed by atoms with van der Waals surface area (Å²) in [6.45, 7) is 7.18. The van der Waals surface area contributed by atoms with E-state index >= 15 is 0 Å². The molecule has 5 nitrogen and oxygen atoms in total. The molecule has 0 fully saturated rings. The summed E-state index contributed by atoms with van der Waals surface area (Å²) in [5.41, 5.74) is 2.49. The van der Waals surface area contributed by atoms with Gasteiger partial charge in [0.1, 0.15) is 11.3 Å². The maximum atomic E-state index is 13.0. The minimum Gasteiger partial charge on any atom is -0.427 e. The predicted octanol–water partition coefficient (Wildman–Crippen LogP) is 4.19. The van der Waals surface area contributed by atoms with Crippen molar-refractivity contribution in [2.45, 2.75) is 52.6 Å². The monoisotopic (exact) mass is 384 g/mol. The Kier molecular flexibility index (Phi) is 7.58. The van der Waals surface area contributed by atoms with E-state index in [1.165, 1.54) is 5.56 Å². The summed E-state index contributed by atoms with van der Waals surface area (Å²) in [6.07, 6.45) is 1.96. The van der Waals surface area contributed by atoms with Crippen LogP contribution in [0.5, 0.6) is 0 Å². The lowest BCUT2D eigenvalue weighted by Crippen LogP contribution is -2.32. The van der Waals surface area contributed by atoms with E-state index in [2.05, 4.69) is 17.9 Å². The molecule has 0 aliphatic carbocycles. The topological polar surface area (TPSA) is 53.8 Å². The molecule has 0 bridgehead atoms. The molecular weight excluding hydrogens is 352 g/mol. The molecule has 1 heterocycles. The van der Waals surface area contributed by atoms with Gasteiger partial charge in [-0.15, -0.1) is 0 Å². The van der Waals surface area contributed by atoms with Gasteiger partial charge in [-0.3, -0.25) is 4.79 Å². The van der Waals surface area contributed by atoms with Crippen molar-refractivity contribution >= 4 is 5.91 Å². The van der Waals surface area contributed by atoms with Crippen LogP contribution in [0.15, 0.2) is 39.5 Å².